The molecule has 0 aliphatic rings. The molecule has 0 saturated carbocycles. The second kappa shape index (κ2) is 7.44. The molecule has 0 aliphatic carbocycles. The van der Waals surface area contributed by atoms with Crippen molar-refractivity contribution in [3.63, 3.8) is 0 Å². The third-order valence-electron chi connectivity index (χ3n) is 4.29. The molecule has 0 saturated heterocycles. The summed E-state index contributed by atoms with van der Waals surface area (Å²) in [5, 5.41) is 2.42. The molecule has 0 spiro atoms. The smallest absolute Gasteiger partial charge is 0.137 e. The SMILES string of the molecule is Clc1ccc(CCc2ncc(Cc3c[nH]c4ncc(Cl)cc34)cn2)cc1. The Balaban J connectivity index is 1.43. The number of halogens is 2. The Morgan fingerprint density at radius 2 is 1.58 bits per heavy atom. The minimum absolute atomic E-state index is 0.632. The van der Waals surface area contributed by atoms with Crippen LogP contribution in [0.4, 0.5) is 0 Å². The van der Waals surface area contributed by atoms with Crippen LogP contribution in [0.25, 0.3) is 11.0 Å². The number of aryl methyl sites for hydroxylation is 2. The first-order valence-electron chi connectivity index (χ1n) is 8.33. The van der Waals surface area contributed by atoms with Crippen molar-refractivity contribution in [1.82, 2.24) is 19.9 Å². The van der Waals surface area contributed by atoms with E-state index in [1.807, 2.05) is 48.9 Å². The fourth-order valence-electron chi connectivity index (χ4n) is 2.91. The molecule has 3 aromatic heterocycles. The van der Waals surface area contributed by atoms with E-state index in [4.69, 9.17) is 23.2 Å². The van der Waals surface area contributed by atoms with Crippen LogP contribution in [0.15, 0.2) is 55.1 Å². The first-order chi connectivity index (χ1) is 12.7. The number of fused-ring (bicyclic) bond motifs is 1. The lowest BCUT2D eigenvalue weighted by Gasteiger charge is -2.04. The topological polar surface area (TPSA) is 54.5 Å². The highest BCUT2D eigenvalue weighted by molar-refractivity contribution is 6.31. The molecule has 0 bridgehead atoms. The van der Waals surface area contributed by atoms with Crippen LogP contribution in [0.2, 0.25) is 10.0 Å². The van der Waals surface area contributed by atoms with Gasteiger partial charge in [0.1, 0.15) is 11.5 Å². The Kier molecular flexibility index (Phi) is 4.87. The third-order valence-corrected chi connectivity index (χ3v) is 4.75. The second-order valence-electron chi connectivity index (χ2n) is 6.17. The average Bonchev–Trinajstić information content (AvgIpc) is 3.04. The van der Waals surface area contributed by atoms with Crippen molar-refractivity contribution < 1.29 is 0 Å². The summed E-state index contributed by atoms with van der Waals surface area (Å²) in [6, 6.07) is 9.81. The number of H-pyrrole nitrogens is 1. The van der Waals surface area contributed by atoms with Crippen LogP contribution >= 0.6 is 23.2 Å². The molecule has 0 unspecified atom stereocenters. The van der Waals surface area contributed by atoms with Crippen molar-refractivity contribution in [1.29, 1.82) is 0 Å². The molecular weight excluding hydrogens is 367 g/mol. The predicted molar refractivity (Wildman–Crippen MR) is 105 cm³/mol. The number of hydrogen-bond acceptors (Lipinski definition) is 3. The number of pyridine rings is 1. The largest absolute Gasteiger partial charge is 0.346 e. The van der Waals surface area contributed by atoms with Gasteiger partial charge >= 0.3 is 0 Å². The summed E-state index contributed by atoms with van der Waals surface area (Å²) in [7, 11) is 0. The van der Waals surface area contributed by atoms with Gasteiger partial charge in [0.05, 0.1) is 5.02 Å². The lowest BCUT2D eigenvalue weighted by molar-refractivity contribution is 0.849. The van der Waals surface area contributed by atoms with Crippen LogP contribution in [0.5, 0.6) is 0 Å². The van der Waals surface area contributed by atoms with E-state index in [0.717, 1.165) is 52.3 Å². The Labute approximate surface area is 161 Å². The highest BCUT2D eigenvalue weighted by Gasteiger charge is 2.07. The molecule has 0 aliphatic heterocycles. The van der Waals surface area contributed by atoms with E-state index < -0.39 is 0 Å². The number of aromatic nitrogens is 4. The van der Waals surface area contributed by atoms with Crippen molar-refractivity contribution >= 4 is 34.2 Å². The van der Waals surface area contributed by atoms with Gasteiger partial charge in [-0.05, 0) is 41.3 Å². The minimum atomic E-state index is 0.632. The highest BCUT2D eigenvalue weighted by Crippen LogP contribution is 2.22. The summed E-state index contributed by atoms with van der Waals surface area (Å²) in [4.78, 5) is 16.5. The predicted octanol–water partition coefficient (Wildman–Crippen LogP) is 5.04. The van der Waals surface area contributed by atoms with Gasteiger partial charge in [0.2, 0.25) is 0 Å². The molecule has 4 rings (SSSR count). The third kappa shape index (κ3) is 3.87. The van der Waals surface area contributed by atoms with Crippen molar-refractivity contribution in [3.8, 4) is 0 Å². The van der Waals surface area contributed by atoms with Crippen LogP contribution in [-0.4, -0.2) is 19.9 Å². The summed E-state index contributed by atoms with van der Waals surface area (Å²) in [6.45, 7) is 0. The number of aromatic amines is 1. The van der Waals surface area contributed by atoms with Crippen molar-refractivity contribution in [2.24, 2.45) is 0 Å². The lowest BCUT2D eigenvalue weighted by Crippen LogP contribution is -1.99. The zero-order chi connectivity index (χ0) is 17.9. The van der Waals surface area contributed by atoms with E-state index in [0.29, 0.717) is 5.02 Å². The Morgan fingerprint density at radius 1 is 0.808 bits per heavy atom. The minimum Gasteiger partial charge on any atom is -0.346 e. The molecule has 4 nitrogen and oxygen atoms in total. The zero-order valence-electron chi connectivity index (χ0n) is 13.9. The first-order valence-corrected chi connectivity index (χ1v) is 9.09. The molecule has 0 amide bonds. The summed E-state index contributed by atoms with van der Waals surface area (Å²) in [6.07, 6.45) is 9.81. The number of benzene rings is 1. The molecule has 6 heteroatoms. The van der Waals surface area contributed by atoms with Crippen LogP contribution in [-0.2, 0) is 19.3 Å². The average molecular weight is 383 g/mol. The first kappa shape index (κ1) is 17.0. The number of hydrogen-bond donors (Lipinski definition) is 1. The number of rotatable bonds is 5. The van der Waals surface area contributed by atoms with Gasteiger partial charge in [0.15, 0.2) is 0 Å². The second-order valence-corrected chi connectivity index (χ2v) is 7.05. The standard InChI is InChI=1S/C20H16Cl2N4/c21-16-4-1-13(2-5-16)3-6-19-23-9-14(10-24-19)7-15-11-25-20-18(15)8-17(22)12-26-20/h1-2,4-5,8-12H,3,6-7H2,(H,25,26). The Morgan fingerprint density at radius 3 is 2.35 bits per heavy atom. The summed E-state index contributed by atoms with van der Waals surface area (Å²) < 4.78 is 0. The van der Waals surface area contributed by atoms with Gasteiger partial charge in [0, 0.05) is 48.0 Å². The molecule has 1 N–H and O–H groups in total. The summed E-state index contributed by atoms with van der Waals surface area (Å²) in [5.41, 5.74) is 4.25. The van der Waals surface area contributed by atoms with E-state index in [9.17, 15) is 0 Å². The maximum absolute atomic E-state index is 6.06. The monoisotopic (exact) mass is 382 g/mol. The van der Waals surface area contributed by atoms with Crippen molar-refractivity contribution in [2.45, 2.75) is 19.3 Å². The zero-order valence-corrected chi connectivity index (χ0v) is 15.4. The Hall–Kier alpha value is -2.43. The molecule has 1 aromatic carbocycles. The van der Waals surface area contributed by atoms with Gasteiger partial charge in [0.25, 0.3) is 0 Å². The van der Waals surface area contributed by atoms with E-state index in [1.165, 1.54) is 5.56 Å². The number of nitrogens with zero attached hydrogens (tertiary/aromatic N) is 3. The maximum Gasteiger partial charge on any atom is 0.137 e. The molecule has 26 heavy (non-hydrogen) atoms. The van der Waals surface area contributed by atoms with Gasteiger partial charge in [-0.3, -0.25) is 0 Å². The normalized spacial score (nSPS) is 11.2. The van der Waals surface area contributed by atoms with Crippen molar-refractivity contribution in [2.75, 3.05) is 0 Å². The van der Waals surface area contributed by atoms with Crippen molar-refractivity contribution in [3.05, 3.63) is 87.7 Å². The lowest BCUT2D eigenvalue weighted by atomic mass is 10.1. The van der Waals surface area contributed by atoms with Gasteiger partial charge in [-0.2, -0.15) is 0 Å². The van der Waals surface area contributed by atoms with Gasteiger partial charge in [-0.1, -0.05) is 35.3 Å². The summed E-state index contributed by atoms with van der Waals surface area (Å²) in [5.74, 6) is 0.840. The molecule has 3 heterocycles. The molecule has 130 valence electrons. The van der Waals surface area contributed by atoms with Crippen LogP contribution in [0.1, 0.15) is 22.5 Å². The van der Waals surface area contributed by atoms with E-state index >= 15 is 0 Å². The fraction of sp³-hybridized carbons (Fsp3) is 0.150. The molecule has 0 fully saturated rings. The molecule has 0 radical (unpaired) electrons. The van der Waals surface area contributed by atoms with E-state index in [1.54, 1.807) is 6.20 Å². The quantitative estimate of drug-likeness (QED) is 0.526. The number of nitrogens with one attached hydrogen (secondary N) is 1. The maximum atomic E-state index is 6.06. The van der Waals surface area contributed by atoms with Gasteiger partial charge in [-0.15, -0.1) is 0 Å². The van der Waals surface area contributed by atoms with Gasteiger partial charge < -0.3 is 4.98 Å². The van der Waals surface area contributed by atoms with Crippen LogP contribution < -0.4 is 0 Å². The molecule has 4 aromatic rings. The Bertz CT molecular complexity index is 1020. The fourth-order valence-corrected chi connectivity index (χ4v) is 3.19. The van der Waals surface area contributed by atoms with E-state index in [2.05, 4.69) is 19.9 Å². The highest BCUT2D eigenvalue weighted by atomic mass is 35.5. The van der Waals surface area contributed by atoms with Gasteiger partial charge in [-0.25, -0.2) is 15.0 Å². The van der Waals surface area contributed by atoms with Crippen LogP contribution in [0.3, 0.4) is 0 Å². The molecule has 0 atom stereocenters. The molecular formula is C20H16Cl2N4. The summed E-state index contributed by atoms with van der Waals surface area (Å²) >= 11 is 12.0. The van der Waals surface area contributed by atoms with E-state index in [-0.39, 0.29) is 0 Å². The van der Waals surface area contributed by atoms with Crippen LogP contribution in [0, 0.1) is 0 Å².